The lowest BCUT2D eigenvalue weighted by Gasteiger charge is -2.21. The molecule has 0 fully saturated rings. The fourth-order valence-corrected chi connectivity index (χ4v) is 2.78. The molecule has 27 heavy (non-hydrogen) atoms. The topological polar surface area (TPSA) is 90.2 Å². The third kappa shape index (κ3) is 4.96. The second kappa shape index (κ2) is 9.34. The zero-order valence-corrected chi connectivity index (χ0v) is 16.3. The fraction of sp³-hybridized carbons (Fsp3) is 0.316. The Kier molecular flexibility index (Phi) is 7.15. The number of rotatable bonds is 7. The average Bonchev–Trinajstić information content (AvgIpc) is 3.24. The van der Waals surface area contributed by atoms with Crippen LogP contribution in [0.4, 0.5) is 0 Å². The van der Waals surface area contributed by atoms with Crippen molar-refractivity contribution in [1.29, 1.82) is 0 Å². The monoisotopic (exact) mass is 389 g/mol. The molecule has 0 unspecified atom stereocenters. The van der Waals surface area contributed by atoms with Gasteiger partial charge in [-0.3, -0.25) is 9.48 Å². The van der Waals surface area contributed by atoms with E-state index in [9.17, 15) is 4.79 Å². The minimum Gasteiger partial charge on any atom is -0.440 e. The molecule has 8 heteroatoms. The van der Waals surface area contributed by atoms with Gasteiger partial charge in [-0.05, 0) is 18.9 Å². The van der Waals surface area contributed by atoms with Crippen molar-refractivity contribution in [2.75, 3.05) is 19.6 Å². The van der Waals surface area contributed by atoms with E-state index < -0.39 is 0 Å². The summed E-state index contributed by atoms with van der Waals surface area (Å²) in [6.45, 7) is 3.19. The standard InChI is InChI=1S/C19H23N5O2.ClH/c1-14-17(22-18(26-14)16-12-21-23(2)13-16)19(25)24(11-9-20)10-8-15-6-4-3-5-7-15;/h3-7,12-13H,8-11,20H2,1-2H3;1H. The van der Waals surface area contributed by atoms with Gasteiger partial charge in [-0.2, -0.15) is 5.10 Å². The maximum atomic E-state index is 13.0. The van der Waals surface area contributed by atoms with Gasteiger partial charge in [0.2, 0.25) is 5.89 Å². The van der Waals surface area contributed by atoms with Gasteiger partial charge in [-0.25, -0.2) is 4.98 Å². The maximum Gasteiger partial charge on any atom is 0.276 e. The zero-order valence-electron chi connectivity index (χ0n) is 15.5. The van der Waals surface area contributed by atoms with E-state index in [0.717, 1.165) is 12.0 Å². The molecule has 2 heterocycles. The second-order valence-corrected chi connectivity index (χ2v) is 6.14. The molecular weight excluding hydrogens is 366 g/mol. The van der Waals surface area contributed by atoms with Gasteiger partial charge < -0.3 is 15.1 Å². The summed E-state index contributed by atoms with van der Waals surface area (Å²) >= 11 is 0. The Hall–Kier alpha value is -2.64. The molecule has 0 bridgehead atoms. The molecule has 0 saturated carbocycles. The first-order valence-corrected chi connectivity index (χ1v) is 8.58. The lowest BCUT2D eigenvalue weighted by Crippen LogP contribution is -2.37. The molecule has 1 amide bonds. The molecule has 0 spiro atoms. The molecule has 1 aromatic carbocycles. The number of carbonyl (C=O) groups excluding carboxylic acids is 1. The maximum absolute atomic E-state index is 13.0. The van der Waals surface area contributed by atoms with Crippen LogP contribution in [0.3, 0.4) is 0 Å². The molecule has 3 aromatic rings. The van der Waals surface area contributed by atoms with Gasteiger partial charge in [-0.15, -0.1) is 12.4 Å². The number of halogens is 1. The Morgan fingerprint density at radius 1 is 1.26 bits per heavy atom. The summed E-state index contributed by atoms with van der Waals surface area (Å²) < 4.78 is 7.35. The highest BCUT2D eigenvalue weighted by Crippen LogP contribution is 2.22. The van der Waals surface area contributed by atoms with Gasteiger partial charge in [0, 0.05) is 32.9 Å². The molecule has 2 N–H and O–H groups in total. The molecule has 0 atom stereocenters. The summed E-state index contributed by atoms with van der Waals surface area (Å²) in [5.41, 5.74) is 7.94. The van der Waals surface area contributed by atoms with E-state index in [4.69, 9.17) is 10.2 Å². The molecule has 2 aromatic heterocycles. The molecule has 0 radical (unpaired) electrons. The number of amides is 1. The third-order valence-electron chi connectivity index (χ3n) is 4.15. The number of aryl methyl sites for hydroxylation is 2. The molecule has 0 aliphatic rings. The van der Waals surface area contributed by atoms with E-state index in [1.807, 2.05) is 37.4 Å². The largest absolute Gasteiger partial charge is 0.440 e. The highest BCUT2D eigenvalue weighted by Gasteiger charge is 2.23. The van der Waals surface area contributed by atoms with Crippen molar-refractivity contribution in [3.63, 3.8) is 0 Å². The molecule has 3 rings (SSSR count). The number of nitrogens with zero attached hydrogens (tertiary/aromatic N) is 4. The minimum absolute atomic E-state index is 0. The van der Waals surface area contributed by atoms with Crippen LogP contribution in [0.25, 0.3) is 11.5 Å². The number of oxazole rings is 1. The van der Waals surface area contributed by atoms with Gasteiger partial charge in [0.15, 0.2) is 5.69 Å². The third-order valence-corrected chi connectivity index (χ3v) is 4.15. The number of hydrogen-bond donors (Lipinski definition) is 1. The van der Waals surface area contributed by atoms with E-state index in [1.54, 1.807) is 28.9 Å². The SMILES string of the molecule is Cc1oc(-c2cnn(C)c2)nc1C(=O)N(CCN)CCc1ccccc1.Cl. The Bertz CT molecular complexity index is 875. The molecule has 7 nitrogen and oxygen atoms in total. The summed E-state index contributed by atoms with van der Waals surface area (Å²) in [7, 11) is 1.82. The van der Waals surface area contributed by atoms with Gasteiger partial charge in [0.25, 0.3) is 5.91 Å². The lowest BCUT2D eigenvalue weighted by molar-refractivity contribution is 0.0755. The Balaban J connectivity index is 0.00000261. The van der Waals surface area contributed by atoms with Crippen LogP contribution in [-0.4, -0.2) is 45.2 Å². The van der Waals surface area contributed by atoms with E-state index in [1.165, 1.54) is 5.56 Å². The summed E-state index contributed by atoms with van der Waals surface area (Å²) in [5, 5.41) is 4.11. The van der Waals surface area contributed by atoms with E-state index in [-0.39, 0.29) is 18.3 Å². The van der Waals surface area contributed by atoms with Crippen LogP contribution < -0.4 is 5.73 Å². The Morgan fingerprint density at radius 3 is 2.63 bits per heavy atom. The van der Waals surface area contributed by atoms with Crippen molar-refractivity contribution in [3.05, 3.63) is 59.7 Å². The van der Waals surface area contributed by atoms with E-state index >= 15 is 0 Å². The van der Waals surface area contributed by atoms with Crippen molar-refractivity contribution in [1.82, 2.24) is 19.7 Å². The van der Waals surface area contributed by atoms with Crippen LogP contribution in [0.1, 0.15) is 21.8 Å². The number of carbonyl (C=O) groups is 1. The normalized spacial score (nSPS) is 10.5. The number of hydrogen-bond acceptors (Lipinski definition) is 5. The van der Waals surface area contributed by atoms with Crippen molar-refractivity contribution < 1.29 is 9.21 Å². The highest BCUT2D eigenvalue weighted by molar-refractivity contribution is 5.93. The average molecular weight is 390 g/mol. The van der Waals surface area contributed by atoms with Crippen LogP contribution in [0.2, 0.25) is 0 Å². The zero-order chi connectivity index (χ0) is 18.5. The Labute approximate surface area is 164 Å². The summed E-state index contributed by atoms with van der Waals surface area (Å²) in [6, 6.07) is 10.1. The smallest absolute Gasteiger partial charge is 0.276 e. The van der Waals surface area contributed by atoms with E-state index in [2.05, 4.69) is 10.1 Å². The second-order valence-electron chi connectivity index (χ2n) is 6.14. The van der Waals surface area contributed by atoms with E-state index in [0.29, 0.717) is 37.0 Å². The minimum atomic E-state index is -0.164. The van der Waals surface area contributed by atoms with Crippen molar-refractivity contribution in [2.24, 2.45) is 12.8 Å². The van der Waals surface area contributed by atoms with Gasteiger partial charge in [-0.1, -0.05) is 30.3 Å². The van der Waals surface area contributed by atoms with Crippen molar-refractivity contribution >= 4 is 18.3 Å². The first-order chi connectivity index (χ1) is 12.6. The summed E-state index contributed by atoms with van der Waals surface area (Å²) in [5.74, 6) is 0.730. The summed E-state index contributed by atoms with van der Waals surface area (Å²) in [4.78, 5) is 19.1. The fourth-order valence-electron chi connectivity index (χ4n) is 2.78. The van der Waals surface area contributed by atoms with Crippen LogP contribution >= 0.6 is 12.4 Å². The van der Waals surface area contributed by atoms with Crippen molar-refractivity contribution in [3.8, 4) is 11.5 Å². The number of nitrogens with two attached hydrogens (primary N) is 1. The van der Waals surface area contributed by atoms with Gasteiger partial charge >= 0.3 is 0 Å². The van der Waals surface area contributed by atoms with Crippen LogP contribution in [0.5, 0.6) is 0 Å². The van der Waals surface area contributed by atoms with Crippen LogP contribution in [-0.2, 0) is 13.5 Å². The van der Waals surface area contributed by atoms with Gasteiger partial charge in [0.05, 0.1) is 11.8 Å². The quantitative estimate of drug-likeness (QED) is 0.670. The number of benzene rings is 1. The van der Waals surface area contributed by atoms with Crippen LogP contribution in [0.15, 0.2) is 47.1 Å². The molecular formula is C19H24ClN5O2. The highest BCUT2D eigenvalue weighted by atomic mass is 35.5. The lowest BCUT2D eigenvalue weighted by atomic mass is 10.1. The van der Waals surface area contributed by atoms with Crippen LogP contribution in [0, 0.1) is 6.92 Å². The first-order valence-electron chi connectivity index (χ1n) is 8.58. The van der Waals surface area contributed by atoms with Crippen molar-refractivity contribution in [2.45, 2.75) is 13.3 Å². The molecule has 0 aliphatic carbocycles. The summed E-state index contributed by atoms with van der Waals surface area (Å²) in [6.07, 6.45) is 4.22. The predicted molar refractivity (Wildman–Crippen MR) is 106 cm³/mol. The molecule has 0 aliphatic heterocycles. The first kappa shape index (κ1) is 20.7. The number of aromatic nitrogens is 3. The molecule has 144 valence electrons. The Morgan fingerprint density at radius 2 is 2.00 bits per heavy atom. The predicted octanol–water partition coefficient (Wildman–Crippen LogP) is 2.45. The molecule has 0 saturated heterocycles. The van der Waals surface area contributed by atoms with Gasteiger partial charge in [0.1, 0.15) is 5.76 Å².